The van der Waals surface area contributed by atoms with Gasteiger partial charge in [-0.1, -0.05) is 158 Å². The van der Waals surface area contributed by atoms with Gasteiger partial charge in [0.2, 0.25) is 0 Å². The molecule has 0 bridgehead atoms. The van der Waals surface area contributed by atoms with Crippen molar-refractivity contribution in [3.05, 3.63) is 193 Å². The predicted molar refractivity (Wildman–Crippen MR) is 239 cm³/mol. The average Bonchev–Trinajstić information content (AvgIpc) is 3.24. The minimum atomic E-state index is -1.75. The molecule has 0 amide bonds. The fraction of sp³-hybridized carbons (Fsp3) is 0.231. The molecule has 278 valence electrons. The molecule has 0 saturated heterocycles. The molecule has 55 heavy (non-hydrogen) atoms. The highest BCUT2D eigenvalue weighted by molar-refractivity contribution is 7.95. The molecule has 3 heteroatoms. The zero-order chi connectivity index (χ0) is 38.0. The quantitative estimate of drug-likeness (QED) is 0.0377. The molecule has 0 aliphatic heterocycles. The third kappa shape index (κ3) is 11.0. The molecule has 6 aromatic rings. The Morgan fingerprint density at radius 1 is 0.491 bits per heavy atom. The first-order valence-electron chi connectivity index (χ1n) is 19.9. The Labute approximate surface area is 331 Å². The number of benzene rings is 6. The number of hydrogen-bond donors (Lipinski definition) is 0. The van der Waals surface area contributed by atoms with Crippen molar-refractivity contribution in [2.24, 2.45) is 0 Å². The second kappa shape index (κ2) is 21.0. The van der Waals surface area contributed by atoms with Crippen molar-refractivity contribution < 1.29 is 4.74 Å². The maximum absolute atomic E-state index is 6.02. The van der Waals surface area contributed by atoms with E-state index in [9.17, 15) is 0 Å². The number of likely N-dealkylation sites (N-methyl/N-ethyl adjacent to an activating group) is 1. The lowest BCUT2D eigenvalue weighted by atomic mass is 9.89. The van der Waals surface area contributed by atoms with Crippen LogP contribution in [0.2, 0.25) is 0 Å². The molecule has 0 spiro atoms. The normalized spacial score (nSPS) is 11.8. The molecule has 0 aliphatic carbocycles. The Bertz CT molecular complexity index is 1990. The molecule has 0 atom stereocenters. The van der Waals surface area contributed by atoms with Crippen molar-refractivity contribution in [2.45, 2.75) is 44.9 Å². The van der Waals surface area contributed by atoms with Crippen molar-refractivity contribution in [1.82, 2.24) is 4.90 Å². The first-order valence-corrected chi connectivity index (χ1v) is 21.9. The Kier molecular flexibility index (Phi) is 15.1. The lowest BCUT2D eigenvalue weighted by Gasteiger charge is -2.27. The highest BCUT2D eigenvalue weighted by Gasteiger charge is 2.44. The Hall–Kier alpha value is -5.19. The molecule has 6 aromatic carbocycles. The van der Waals surface area contributed by atoms with Crippen LogP contribution < -0.4 is 20.7 Å². The predicted octanol–water partition coefficient (Wildman–Crippen LogP) is 11.3. The van der Waals surface area contributed by atoms with Crippen molar-refractivity contribution in [3.8, 4) is 17.6 Å². The van der Waals surface area contributed by atoms with Crippen molar-refractivity contribution in [1.29, 1.82) is 0 Å². The zero-order valence-electron chi connectivity index (χ0n) is 32.6. The van der Waals surface area contributed by atoms with E-state index in [1.165, 1.54) is 54.2 Å². The summed E-state index contributed by atoms with van der Waals surface area (Å²) in [6, 6.07) is 63.6. The molecule has 0 aliphatic rings. The van der Waals surface area contributed by atoms with E-state index in [4.69, 9.17) is 4.74 Å². The van der Waals surface area contributed by atoms with Gasteiger partial charge in [-0.3, -0.25) is 0 Å². The van der Waals surface area contributed by atoms with Crippen LogP contribution in [0.1, 0.15) is 61.6 Å². The van der Waals surface area contributed by atoms with Crippen LogP contribution in [-0.2, 0) is 0 Å². The summed E-state index contributed by atoms with van der Waals surface area (Å²) in [5.41, 5.74) is 5.66. The summed E-state index contributed by atoms with van der Waals surface area (Å²) >= 11 is 0. The lowest BCUT2D eigenvalue weighted by Crippen LogP contribution is -2.33. The molecule has 0 heterocycles. The fourth-order valence-electron chi connectivity index (χ4n) is 7.31. The van der Waals surface area contributed by atoms with Gasteiger partial charge in [0, 0.05) is 24.1 Å². The van der Waals surface area contributed by atoms with Gasteiger partial charge in [0.1, 0.15) is 35.5 Å². The van der Waals surface area contributed by atoms with Crippen molar-refractivity contribution in [3.63, 3.8) is 0 Å². The number of nitrogens with zero attached hydrogens (tertiary/aromatic N) is 1. The standard InChI is InChI=1S/C52H55NOP/c1-53(2)41-42-54-47-39-37-46(38-40-47)52(45-28-16-10-17-29-45)51(44-26-14-9-15-27-44)36-24-7-5-3-4-6-8-25-43-55(48-30-18-11-19-31-48,49-32-20-12-21-33-49)50-34-22-13-23-35-50/h9-23,26-35,37-40H,3-8,25,41-43H2,1-2H3/q+1/b52-51-. The van der Waals surface area contributed by atoms with Crippen molar-refractivity contribution >= 4 is 34.3 Å². The number of rotatable bonds is 18. The second-order valence-electron chi connectivity index (χ2n) is 14.4. The summed E-state index contributed by atoms with van der Waals surface area (Å²) in [7, 11) is 2.37. The van der Waals surface area contributed by atoms with Crippen LogP contribution in [0, 0.1) is 11.8 Å². The Morgan fingerprint density at radius 2 is 0.927 bits per heavy atom. The lowest BCUT2D eigenvalue weighted by molar-refractivity contribution is 0.261. The third-order valence-corrected chi connectivity index (χ3v) is 14.7. The molecular formula is C52H55NOP+. The topological polar surface area (TPSA) is 12.5 Å². The van der Waals surface area contributed by atoms with Crippen LogP contribution in [-0.4, -0.2) is 38.3 Å². The molecule has 0 saturated carbocycles. The van der Waals surface area contributed by atoms with E-state index < -0.39 is 7.26 Å². The van der Waals surface area contributed by atoms with E-state index >= 15 is 0 Å². The van der Waals surface area contributed by atoms with Crippen LogP contribution in [0.3, 0.4) is 0 Å². The summed E-state index contributed by atoms with van der Waals surface area (Å²) in [5.74, 6) is 8.15. The van der Waals surface area contributed by atoms with Crippen LogP contribution in [0.5, 0.6) is 5.75 Å². The average molecular weight is 741 g/mol. The highest BCUT2D eigenvalue weighted by Crippen LogP contribution is 2.56. The zero-order valence-corrected chi connectivity index (χ0v) is 33.5. The summed E-state index contributed by atoms with van der Waals surface area (Å²) < 4.78 is 6.02. The summed E-state index contributed by atoms with van der Waals surface area (Å²) in [6.07, 6.45) is 9.38. The van der Waals surface area contributed by atoms with E-state index in [0.29, 0.717) is 6.61 Å². The molecule has 0 radical (unpaired) electrons. The van der Waals surface area contributed by atoms with Crippen LogP contribution in [0.4, 0.5) is 0 Å². The van der Waals surface area contributed by atoms with E-state index in [-0.39, 0.29) is 0 Å². The van der Waals surface area contributed by atoms with Gasteiger partial charge in [-0.25, -0.2) is 0 Å². The SMILES string of the molecule is CN(C)CCOc1ccc(/C(=C(/C#CCCCCCCCC[P+](c2ccccc2)(c2ccccc2)c2ccccc2)c2ccccc2)c2ccccc2)cc1. The van der Waals surface area contributed by atoms with Crippen LogP contribution in [0.25, 0.3) is 11.1 Å². The first-order chi connectivity index (χ1) is 27.1. The van der Waals surface area contributed by atoms with Gasteiger partial charge in [0.25, 0.3) is 0 Å². The van der Waals surface area contributed by atoms with Gasteiger partial charge in [-0.05, 0) is 98.6 Å². The van der Waals surface area contributed by atoms with Gasteiger partial charge >= 0.3 is 0 Å². The largest absolute Gasteiger partial charge is 0.492 e. The number of ether oxygens (including phenoxy) is 1. The van der Waals surface area contributed by atoms with Gasteiger partial charge in [0.15, 0.2) is 0 Å². The van der Waals surface area contributed by atoms with Gasteiger partial charge in [-0.15, -0.1) is 0 Å². The van der Waals surface area contributed by atoms with Gasteiger partial charge in [0.05, 0.1) is 6.16 Å². The van der Waals surface area contributed by atoms with Crippen LogP contribution >= 0.6 is 7.26 Å². The molecule has 6 rings (SSSR count). The molecule has 0 unspecified atom stereocenters. The smallest absolute Gasteiger partial charge is 0.119 e. The minimum absolute atomic E-state index is 0.660. The summed E-state index contributed by atoms with van der Waals surface area (Å²) in [4.78, 5) is 2.13. The van der Waals surface area contributed by atoms with E-state index in [1.807, 2.05) is 0 Å². The number of allylic oxidation sites excluding steroid dienone is 1. The summed E-state index contributed by atoms with van der Waals surface area (Å²) in [6.45, 7) is 1.54. The maximum atomic E-state index is 6.02. The fourth-order valence-corrected chi connectivity index (χ4v) is 11.7. The van der Waals surface area contributed by atoms with Gasteiger partial charge in [-0.2, -0.15) is 0 Å². The van der Waals surface area contributed by atoms with E-state index in [0.717, 1.165) is 53.0 Å². The number of hydrogen-bond acceptors (Lipinski definition) is 2. The number of unbranched alkanes of at least 4 members (excludes halogenated alkanes) is 6. The van der Waals surface area contributed by atoms with Crippen LogP contribution in [0.15, 0.2) is 176 Å². The molecule has 0 aromatic heterocycles. The first kappa shape index (κ1) is 39.5. The van der Waals surface area contributed by atoms with Crippen molar-refractivity contribution in [2.75, 3.05) is 33.4 Å². The molecule has 2 nitrogen and oxygen atoms in total. The highest BCUT2D eigenvalue weighted by atomic mass is 31.2. The summed E-state index contributed by atoms with van der Waals surface area (Å²) in [5, 5.41) is 4.44. The van der Waals surface area contributed by atoms with E-state index in [1.54, 1.807) is 0 Å². The Morgan fingerprint density at radius 3 is 1.44 bits per heavy atom. The monoisotopic (exact) mass is 740 g/mol. The van der Waals surface area contributed by atoms with E-state index in [2.05, 4.69) is 207 Å². The molecule has 0 fully saturated rings. The molecule has 0 N–H and O–H groups in total. The second-order valence-corrected chi connectivity index (χ2v) is 18.0. The third-order valence-electron chi connectivity index (χ3n) is 10.2. The maximum Gasteiger partial charge on any atom is 0.119 e. The molecular weight excluding hydrogens is 686 g/mol. The Balaban J connectivity index is 1.11. The van der Waals surface area contributed by atoms with Gasteiger partial charge < -0.3 is 9.64 Å². The minimum Gasteiger partial charge on any atom is -0.492 e.